The average Bonchev–Trinajstić information content (AvgIpc) is 3.84. The van der Waals surface area contributed by atoms with Crippen molar-refractivity contribution in [1.29, 1.82) is 0 Å². The van der Waals surface area contributed by atoms with Gasteiger partial charge in [-0.2, -0.15) is 0 Å². The molecule has 4 nitrogen and oxygen atoms in total. The molecular formula is C52H30N2O2. The summed E-state index contributed by atoms with van der Waals surface area (Å²) in [5.41, 5.74) is 13.9. The van der Waals surface area contributed by atoms with Gasteiger partial charge in [0.1, 0.15) is 22.3 Å². The Morgan fingerprint density at radius 2 is 0.875 bits per heavy atom. The third kappa shape index (κ3) is 4.66. The minimum absolute atomic E-state index is 0.859. The Morgan fingerprint density at radius 3 is 1.55 bits per heavy atom. The quantitative estimate of drug-likeness (QED) is 0.170. The first-order valence-electron chi connectivity index (χ1n) is 18.9. The Balaban J connectivity index is 0.902. The van der Waals surface area contributed by atoms with Crippen LogP contribution in [0.4, 0.5) is 0 Å². The van der Waals surface area contributed by atoms with Crippen molar-refractivity contribution < 1.29 is 8.83 Å². The van der Waals surface area contributed by atoms with Crippen LogP contribution in [0.2, 0.25) is 0 Å². The van der Waals surface area contributed by atoms with Crippen LogP contribution in [0.25, 0.3) is 121 Å². The molecule has 3 aromatic heterocycles. The van der Waals surface area contributed by atoms with Gasteiger partial charge in [-0.1, -0.05) is 152 Å². The Morgan fingerprint density at radius 1 is 0.339 bits per heavy atom. The van der Waals surface area contributed by atoms with Crippen molar-refractivity contribution in [3.05, 3.63) is 182 Å². The second kappa shape index (κ2) is 12.0. The summed E-state index contributed by atoms with van der Waals surface area (Å²) in [6.45, 7) is 0. The molecule has 3 heterocycles. The lowest BCUT2D eigenvalue weighted by molar-refractivity contribution is 0.664. The molecule has 0 bridgehead atoms. The van der Waals surface area contributed by atoms with Gasteiger partial charge in [0.2, 0.25) is 0 Å². The van der Waals surface area contributed by atoms with Crippen LogP contribution in [0.15, 0.2) is 191 Å². The van der Waals surface area contributed by atoms with E-state index in [2.05, 4.69) is 152 Å². The van der Waals surface area contributed by atoms with Crippen molar-refractivity contribution >= 4 is 76.5 Å². The van der Waals surface area contributed by atoms with E-state index in [-0.39, 0.29) is 0 Å². The topological polar surface area (TPSA) is 52.1 Å². The van der Waals surface area contributed by atoms with Gasteiger partial charge in [-0.05, 0) is 62.9 Å². The van der Waals surface area contributed by atoms with Crippen LogP contribution in [-0.2, 0) is 0 Å². The third-order valence-electron chi connectivity index (χ3n) is 11.3. The predicted octanol–water partition coefficient (Wildman–Crippen LogP) is 14.4. The van der Waals surface area contributed by atoms with E-state index in [9.17, 15) is 0 Å². The fraction of sp³-hybridized carbons (Fsp3) is 0. The maximum absolute atomic E-state index is 6.58. The first-order chi connectivity index (χ1) is 27.7. The van der Waals surface area contributed by atoms with Crippen LogP contribution in [0.1, 0.15) is 0 Å². The normalized spacial score (nSPS) is 11.9. The number of hydrogen-bond acceptors (Lipinski definition) is 4. The molecule has 0 spiro atoms. The Bertz CT molecular complexity index is 3480. The van der Waals surface area contributed by atoms with Gasteiger partial charge >= 0.3 is 0 Å². The fourth-order valence-electron chi connectivity index (χ4n) is 8.64. The van der Waals surface area contributed by atoms with E-state index < -0.39 is 0 Å². The van der Waals surface area contributed by atoms with Crippen molar-refractivity contribution in [3.8, 4) is 44.6 Å². The predicted molar refractivity (Wildman–Crippen MR) is 231 cm³/mol. The standard InChI is InChI=1S/C52H30N2O2/c1-3-15-40-37(12-1)38-13-2-4-16-41(38)51-50(40)53-30-44(54-51)33-24-20-31(21-25-33)35-10-9-11-36(28-35)32-22-26-34(27-23-32)48-49-42-17-6-8-19-46(42)55-47(49)29-43-39-14-5-7-18-45(39)56-52(43)48/h1-30H. The number of hydrogen-bond donors (Lipinski definition) is 0. The minimum atomic E-state index is 0.859. The number of para-hydroxylation sites is 2. The van der Waals surface area contributed by atoms with E-state index in [1.807, 2.05) is 30.5 Å². The Kier molecular flexibility index (Phi) is 6.60. The largest absolute Gasteiger partial charge is 0.456 e. The molecule has 0 N–H and O–H groups in total. The van der Waals surface area contributed by atoms with Gasteiger partial charge in [-0.25, -0.2) is 4.98 Å². The summed E-state index contributed by atoms with van der Waals surface area (Å²) in [5, 5.41) is 8.92. The van der Waals surface area contributed by atoms with Crippen LogP contribution in [0, 0.1) is 0 Å². The molecule has 0 radical (unpaired) electrons. The minimum Gasteiger partial charge on any atom is -0.456 e. The molecule has 9 aromatic carbocycles. The third-order valence-corrected chi connectivity index (χ3v) is 11.3. The summed E-state index contributed by atoms with van der Waals surface area (Å²) in [4.78, 5) is 10.2. The van der Waals surface area contributed by atoms with Crippen LogP contribution in [0.3, 0.4) is 0 Å². The highest BCUT2D eigenvalue weighted by atomic mass is 16.3. The molecule has 0 aliphatic carbocycles. The molecule has 12 rings (SSSR count). The fourth-order valence-corrected chi connectivity index (χ4v) is 8.64. The highest BCUT2D eigenvalue weighted by Gasteiger charge is 2.21. The first-order valence-corrected chi connectivity index (χ1v) is 18.9. The summed E-state index contributed by atoms with van der Waals surface area (Å²) in [7, 11) is 0. The maximum Gasteiger partial charge on any atom is 0.144 e. The molecule has 0 aliphatic heterocycles. The van der Waals surface area contributed by atoms with Crippen molar-refractivity contribution in [2.75, 3.05) is 0 Å². The van der Waals surface area contributed by atoms with Gasteiger partial charge in [0, 0.05) is 43.4 Å². The molecule has 0 saturated heterocycles. The Hall–Kier alpha value is -7.56. The van der Waals surface area contributed by atoms with Gasteiger partial charge < -0.3 is 8.83 Å². The van der Waals surface area contributed by atoms with Crippen molar-refractivity contribution in [2.24, 2.45) is 0 Å². The number of benzene rings is 9. The smallest absolute Gasteiger partial charge is 0.144 e. The molecule has 56 heavy (non-hydrogen) atoms. The Labute approximate surface area is 320 Å². The molecule has 260 valence electrons. The van der Waals surface area contributed by atoms with Gasteiger partial charge in [-0.15, -0.1) is 0 Å². The summed E-state index contributed by atoms with van der Waals surface area (Å²) >= 11 is 0. The summed E-state index contributed by atoms with van der Waals surface area (Å²) in [5.74, 6) is 0. The highest BCUT2D eigenvalue weighted by molar-refractivity contribution is 6.24. The van der Waals surface area contributed by atoms with Gasteiger partial charge in [0.05, 0.1) is 22.9 Å². The second-order valence-electron chi connectivity index (χ2n) is 14.5. The van der Waals surface area contributed by atoms with Crippen molar-refractivity contribution in [3.63, 3.8) is 0 Å². The van der Waals surface area contributed by atoms with E-state index in [1.54, 1.807) is 0 Å². The monoisotopic (exact) mass is 714 g/mol. The molecule has 0 saturated carbocycles. The number of rotatable bonds is 4. The SMILES string of the molecule is c1cc(-c2ccc(-c3cnc4c5ccccc5c5ccccc5c4n3)cc2)cc(-c2ccc(-c3c4oc5ccccc5c4cc4oc5ccccc5c34)cc2)c1. The molecule has 0 fully saturated rings. The highest BCUT2D eigenvalue weighted by Crippen LogP contribution is 2.45. The number of aromatic nitrogens is 2. The maximum atomic E-state index is 6.58. The lowest BCUT2D eigenvalue weighted by Crippen LogP contribution is -1.92. The molecule has 0 unspecified atom stereocenters. The average molecular weight is 715 g/mol. The lowest BCUT2D eigenvalue weighted by atomic mass is 9.94. The lowest BCUT2D eigenvalue weighted by Gasteiger charge is -2.11. The summed E-state index contributed by atoms with van der Waals surface area (Å²) in [6, 6.07) is 61.7. The van der Waals surface area contributed by atoms with Crippen LogP contribution in [0.5, 0.6) is 0 Å². The second-order valence-corrected chi connectivity index (χ2v) is 14.5. The number of nitrogens with zero attached hydrogens (tertiary/aromatic N) is 2. The zero-order valence-corrected chi connectivity index (χ0v) is 30.0. The van der Waals surface area contributed by atoms with Crippen molar-refractivity contribution in [2.45, 2.75) is 0 Å². The van der Waals surface area contributed by atoms with Crippen LogP contribution in [-0.4, -0.2) is 9.97 Å². The van der Waals surface area contributed by atoms with Gasteiger partial charge in [-0.3, -0.25) is 4.98 Å². The molecule has 0 amide bonds. The van der Waals surface area contributed by atoms with Crippen LogP contribution >= 0.6 is 0 Å². The molecule has 4 heteroatoms. The molecule has 0 atom stereocenters. The molecule has 12 aromatic rings. The van der Waals surface area contributed by atoms with Crippen molar-refractivity contribution in [1.82, 2.24) is 9.97 Å². The number of furan rings is 2. The van der Waals surface area contributed by atoms with Crippen LogP contribution < -0.4 is 0 Å². The summed E-state index contributed by atoms with van der Waals surface area (Å²) in [6.07, 6.45) is 1.90. The van der Waals surface area contributed by atoms with Gasteiger partial charge in [0.25, 0.3) is 0 Å². The number of fused-ring (bicyclic) bond motifs is 12. The van der Waals surface area contributed by atoms with E-state index in [0.29, 0.717) is 0 Å². The summed E-state index contributed by atoms with van der Waals surface area (Å²) < 4.78 is 13.0. The van der Waals surface area contributed by atoms with E-state index in [0.717, 1.165) is 110 Å². The van der Waals surface area contributed by atoms with E-state index >= 15 is 0 Å². The van der Waals surface area contributed by atoms with E-state index in [1.165, 1.54) is 10.8 Å². The first kappa shape index (κ1) is 30.9. The molecule has 0 aliphatic rings. The van der Waals surface area contributed by atoms with E-state index in [4.69, 9.17) is 18.8 Å². The zero-order valence-electron chi connectivity index (χ0n) is 30.0. The van der Waals surface area contributed by atoms with Gasteiger partial charge in [0.15, 0.2) is 0 Å². The molecular weight excluding hydrogens is 685 g/mol. The zero-order chi connectivity index (χ0) is 36.7.